The van der Waals surface area contributed by atoms with Crippen LogP contribution in [0.2, 0.25) is 0 Å². The summed E-state index contributed by atoms with van der Waals surface area (Å²) in [5.41, 5.74) is 0.118. The smallest absolute Gasteiger partial charge is 0.335 e. The first-order valence-corrected chi connectivity index (χ1v) is 4.86. The van der Waals surface area contributed by atoms with Gasteiger partial charge in [0.05, 0.1) is 10.3 Å². The molecule has 0 spiro atoms. The average Bonchev–Trinajstić information content (AvgIpc) is 2.45. The number of carbonyl (C=O) groups is 1. The molecule has 0 bridgehead atoms. The molecule has 0 radical (unpaired) electrons. The molecule has 1 heterocycles. The van der Waals surface area contributed by atoms with Crippen LogP contribution in [0.15, 0.2) is 18.2 Å². The molecular weight excluding hydrogens is 200 g/mol. The molecule has 2 aromatic rings. The Morgan fingerprint density at radius 3 is 2.71 bits per heavy atom. The molecule has 0 aliphatic carbocycles. The summed E-state index contributed by atoms with van der Waals surface area (Å²) in [6, 6.07) is 4.72. The molecule has 0 unspecified atom stereocenters. The van der Waals surface area contributed by atoms with Crippen molar-refractivity contribution in [3.05, 3.63) is 28.6 Å². The second-order valence-corrected chi connectivity index (χ2v) is 4.33. The van der Waals surface area contributed by atoms with E-state index in [1.54, 1.807) is 6.07 Å². The summed E-state index contributed by atoms with van der Waals surface area (Å²) in [7, 11) is 0. The number of phenols is 1. The molecule has 14 heavy (non-hydrogen) atoms. The number of thiophene rings is 1. The number of carboxylic acid groups (broad SMARTS) is 1. The number of carboxylic acids is 1. The lowest BCUT2D eigenvalue weighted by atomic mass is 10.1. The van der Waals surface area contributed by atoms with Crippen molar-refractivity contribution in [1.29, 1.82) is 0 Å². The number of hydrogen-bond donors (Lipinski definition) is 2. The first kappa shape index (κ1) is 9.02. The van der Waals surface area contributed by atoms with Gasteiger partial charge in [0, 0.05) is 4.88 Å². The van der Waals surface area contributed by atoms with Crippen LogP contribution in [0.25, 0.3) is 10.1 Å². The predicted octanol–water partition coefficient (Wildman–Crippen LogP) is 2.61. The van der Waals surface area contributed by atoms with Crippen LogP contribution in [0, 0.1) is 6.92 Å². The second kappa shape index (κ2) is 2.99. The highest BCUT2D eigenvalue weighted by atomic mass is 32.1. The fourth-order valence-electron chi connectivity index (χ4n) is 1.39. The van der Waals surface area contributed by atoms with Crippen molar-refractivity contribution >= 4 is 27.4 Å². The zero-order valence-electron chi connectivity index (χ0n) is 7.44. The van der Waals surface area contributed by atoms with E-state index in [1.165, 1.54) is 17.4 Å². The van der Waals surface area contributed by atoms with E-state index in [-0.39, 0.29) is 11.3 Å². The summed E-state index contributed by atoms with van der Waals surface area (Å²) >= 11 is 1.46. The first-order chi connectivity index (χ1) is 6.58. The van der Waals surface area contributed by atoms with E-state index in [4.69, 9.17) is 5.11 Å². The van der Waals surface area contributed by atoms with E-state index < -0.39 is 5.97 Å². The summed E-state index contributed by atoms with van der Waals surface area (Å²) in [6.07, 6.45) is 0. The van der Waals surface area contributed by atoms with Gasteiger partial charge in [0.25, 0.3) is 0 Å². The maximum Gasteiger partial charge on any atom is 0.335 e. The second-order valence-electron chi connectivity index (χ2n) is 3.08. The SMILES string of the molecule is Cc1cc2cc(C(=O)O)cc(O)c2s1. The third-order valence-corrected chi connectivity index (χ3v) is 3.06. The Bertz CT molecular complexity index is 513. The molecule has 2 N–H and O–H groups in total. The van der Waals surface area contributed by atoms with E-state index in [9.17, 15) is 9.90 Å². The lowest BCUT2D eigenvalue weighted by molar-refractivity contribution is 0.0696. The van der Waals surface area contributed by atoms with Crippen molar-refractivity contribution in [1.82, 2.24) is 0 Å². The Labute approximate surface area is 84.2 Å². The summed E-state index contributed by atoms with van der Waals surface area (Å²) < 4.78 is 0.743. The molecule has 2 rings (SSSR count). The largest absolute Gasteiger partial charge is 0.506 e. The number of fused-ring (bicyclic) bond motifs is 1. The fourth-order valence-corrected chi connectivity index (χ4v) is 2.29. The van der Waals surface area contributed by atoms with E-state index in [0.29, 0.717) is 0 Å². The zero-order chi connectivity index (χ0) is 10.3. The predicted molar refractivity (Wildman–Crippen MR) is 55.2 cm³/mol. The van der Waals surface area contributed by atoms with E-state index >= 15 is 0 Å². The van der Waals surface area contributed by atoms with Crippen LogP contribution < -0.4 is 0 Å². The van der Waals surface area contributed by atoms with Gasteiger partial charge < -0.3 is 10.2 Å². The van der Waals surface area contributed by atoms with Gasteiger partial charge >= 0.3 is 5.97 Å². The molecule has 0 fully saturated rings. The third-order valence-electron chi connectivity index (χ3n) is 1.97. The van der Waals surface area contributed by atoms with Crippen molar-refractivity contribution in [2.24, 2.45) is 0 Å². The van der Waals surface area contributed by atoms with Crippen molar-refractivity contribution in [3.63, 3.8) is 0 Å². The Kier molecular flexibility index (Phi) is 1.93. The van der Waals surface area contributed by atoms with Crippen LogP contribution in [0.4, 0.5) is 0 Å². The quantitative estimate of drug-likeness (QED) is 0.757. The van der Waals surface area contributed by atoms with Crippen LogP contribution in [-0.2, 0) is 0 Å². The lowest BCUT2D eigenvalue weighted by Gasteiger charge is -1.97. The summed E-state index contributed by atoms with van der Waals surface area (Å²) in [5.74, 6) is -0.982. The number of phenolic OH excluding ortho intramolecular Hbond substituents is 1. The summed E-state index contributed by atoms with van der Waals surface area (Å²) in [4.78, 5) is 11.7. The van der Waals surface area contributed by atoms with Crippen molar-refractivity contribution < 1.29 is 15.0 Å². The van der Waals surface area contributed by atoms with Gasteiger partial charge in [0.1, 0.15) is 5.75 Å². The highest BCUT2D eigenvalue weighted by Gasteiger charge is 2.10. The Balaban J connectivity index is 2.77. The zero-order valence-corrected chi connectivity index (χ0v) is 8.26. The number of aryl methyl sites for hydroxylation is 1. The highest BCUT2D eigenvalue weighted by Crippen LogP contribution is 2.33. The molecule has 0 aliphatic heterocycles. The topological polar surface area (TPSA) is 57.5 Å². The third kappa shape index (κ3) is 1.33. The lowest BCUT2D eigenvalue weighted by Crippen LogP contribution is -1.94. The molecule has 0 amide bonds. The number of aromatic hydroxyl groups is 1. The van der Waals surface area contributed by atoms with Gasteiger partial charge in [-0.2, -0.15) is 0 Å². The number of benzene rings is 1. The van der Waals surface area contributed by atoms with Gasteiger partial charge in [-0.1, -0.05) is 0 Å². The molecule has 1 aromatic heterocycles. The Hall–Kier alpha value is -1.55. The van der Waals surface area contributed by atoms with E-state index in [0.717, 1.165) is 15.0 Å². The van der Waals surface area contributed by atoms with Crippen LogP contribution in [0.3, 0.4) is 0 Å². The van der Waals surface area contributed by atoms with Gasteiger partial charge in [0.15, 0.2) is 0 Å². The van der Waals surface area contributed by atoms with Crippen LogP contribution >= 0.6 is 11.3 Å². The summed E-state index contributed by atoms with van der Waals surface area (Å²) in [6.45, 7) is 1.92. The Morgan fingerprint density at radius 2 is 2.07 bits per heavy atom. The monoisotopic (exact) mass is 208 g/mol. The van der Waals surface area contributed by atoms with Gasteiger partial charge in [-0.3, -0.25) is 0 Å². The van der Waals surface area contributed by atoms with Crippen molar-refractivity contribution in [2.45, 2.75) is 6.92 Å². The molecule has 0 saturated heterocycles. The van der Waals surface area contributed by atoms with Crippen LogP contribution in [0.1, 0.15) is 15.2 Å². The highest BCUT2D eigenvalue weighted by molar-refractivity contribution is 7.19. The first-order valence-electron chi connectivity index (χ1n) is 4.04. The number of aromatic carboxylic acids is 1. The normalized spacial score (nSPS) is 10.6. The molecule has 3 nitrogen and oxygen atoms in total. The van der Waals surface area contributed by atoms with Gasteiger partial charge in [0.2, 0.25) is 0 Å². The molecule has 0 saturated carbocycles. The van der Waals surface area contributed by atoms with Crippen molar-refractivity contribution in [3.8, 4) is 5.75 Å². The molecule has 4 heteroatoms. The van der Waals surface area contributed by atoms with Crippen LogP contribution in [-0.4, -0.2) is 16.2 Å². The summed E-state index contributed by atoms with van der Waals surface area (Å²) in [5, 5.41) is 19.1. The molecule has 0 aliphatic rings. The fraction of sp³-hybridized carbons (Fsp3) is 0.100. The van der Waals surface area contributed by atoms with Gasteiger partial charge in [-0.25, -0.2) is 4.79 Å². The van der Waals surface area contributed by atoms with Crippen molar-refractivity contribution in [2.75, 3.05) is 0 Å². The number of hydrogen-bond acceptors (Lipinski definition) is 3. The van der Waals surface area contributed by atoms with E-state index in [1.807, 2.05) is 13.0 Å². The molecule has 1 aromatic carbocycles. The standard InChI is InChI=1S/C10H8O3S/c1-5-2-6-3-7(10(12)13)4-8(11)9(6)14-5/h2-4,11H,1H3,(H,12,13). The average molecular weight is 208 g/mol. The van der Waals surface area contributed by atoms with Crippen LogP contribution in [0.5, 0.6) is 5.75 Å². The van der Waals surface area contributed by atoms with E-state index in [2.05, 4.69) is 0 Å². The molecular formula is C10H8O3S. The maximum atomic E-state index is 10.7. The number of rotatable bonds is 1. The molecule has 0 atom stereocenters. The van der Waals surface area contributed by atoms with Gasteiger partial charge in [-0.05, 0) is 30.5 Å². The molecule has 72 valence electrons. The van der Waals surface area contributed by atoms with Gasteiger partial charge in [-0.15, -0.1) is 11.3 Å². The minimum absolute atomic E-state index is 0.0398. The maximum absolute atomic E-state index is 10.7. The Morgan fingerprint density at radius 1 is 1.36 bits per heavy atom. The minimum atomic E-state index is -1.02. The minimum Gasteiger partial charge on any atom is -0.506 e.